The molecule has 0 aromatic carbocycles. The fraction of sp³-hybridized carbons (Fsp3) is 0.765. The van der Waals surface area contributed by atoms with Crippen LogP contribution in [-0.4, -0.2) is 57.7 Å². The molecule has 1 aromatic heterocycles. The Bertz CT molecular complexity index is 513. The molecule has 5 nitrogen and oxygen atoms in total. The molecule has 0 unspecified atom stereocenters. The number of piperidine rings is 1. The number of aromatic nitrogens is 2. The molecule has 0 spiro atoms. The van der Waals surface area contributed by atoms with Gasteiger partial charge in [-0.15, -0.1) is 0 Å². The molecule has 0 aliphatic carbocycles. The smallest absolute Gasteiger partial charge is 0.222 e. The van der Waals surface area contributed by atoms with Crippen molar-refractivity contribution in [3.05, 3.63) is 18.0 Å². The van der Waals surface area contributed by atoms with E-state index >= 15 is 0 Å². The Kier molecular flexibility index (Phi) is 4.81. The van der Waals surface area contributed by atoms with E-state index in [0.717, 1.165) is 25.1 Å². The van der Waals surface area contributed by atoms with E-state index in [2.05, 4.69) is 21.8 Å². The minimum atomic E-state index is 0.319. The van der Waals surface area contributed by atoms with E-state index in [0.29, 0.717) is 24.3 Å². The quantitative estimate of drug-likeness (QED) is 0.831. The van der Waals surface area contributed by atoms with Gasteiger partial charge in [0.05, 0.1) is 6.20 Å². The predicted molar refractivity (Wildman–Crippen MR) is 86.5 cm³/mol. The predicted octanol–water partition coefficient (Wildman–Crippen LogP) is 1.69. The molecule has 0 radical (unpaired) electrons. The first-order valence-corrected chi connectivity index (χ1v) is 8.65. The third-order valence-electron chi connectivity index (χ3n) is 5.08. The highest BCUT2D eigenvalue weighted by Gasteiger charge is 2.35. The van der Waals surface area contributed by atoms with Gasteiger partial charge in [-0.25, -0.2) is 0 Å². The van der Waals surface area contributed by atoms with E-state index < -0.39 is 0 Å². The number of aryl methyl sites for hydroxylation is 2. The fourth-order valence-corrected chi connectivity index (χ4v) is 3.95. The molecule has 4 rings (SSSR count). The maximum atomic E-state index is 12.6. The molecule has 2 bridgehead atoms. The van der Waals surface area contributed by atoms with Crippen molar-refractivity contribution in [1.82, 2.24) is 19.6 Å². The van der Waals surface area contributed by atoms with Gasteiger partial charge >= 0.3 is 0 Å². The van der Waals surface area contributed by atoms with Crippen molar-refractivity contribution >= 4 is 5.91 Å². The summed E-state index contributed by atoms with van der Waals surface area (Å²) in [4.78, 5) is 17.3. The average molecular weight is 304 g/mol. The van der Waals surface area contributed by atoms with Crippen LogP contribution < -0.4 is 0 Å². The van der Waals surface area contributed by atoms with Gasteiger partial charge in [0.25, 0.3) is 0 Å². The first kappa shape index (κ1) is 15.5. The molecule has 3 fully saturated rings. The van der Waals surface area contributed by atoms with Crippen LogP contribution in [0.25, 0.3) is 0 Å². The zero-order valence-corrected chi connectivity index (χ0v) is 13.9. The van der Waals surface area contributed by atoms with Crippen molar-refractivity contribution in [3.63, 3.8) is 0 Å². The molecule has 4 heterocycles. The highest BCUT2D eigenvalue weighted by Crippen LogP contribution is 2.28. The second-order valence-corrected chi connectivity index (χ2v) is 6.91. The molecule has 1 aromatic rings. The SMILES string of the molecule is CCCN1C[C@@H]2CC[C@H]1CN(C(=O)CCc1cnn(C)c1)C2. The maximum absolute atomic E-state index is 12.6. The molecule has 1 amide bonds. The summed E-state index contributed by atoms with van der Waals surface area (Å²) in [5.74, 6) is 0.992. The third-order valence-corrected chi connectivity index (χ3v) is 5.08. The monoisotopic (exact) mass is 304 g/mol. The van der Waals surface area contributed by atoms with E-state index in [-0.39, 0.29) is 0 Å². The van der Waals surface area contributed by atoms with Gasteiger partial charge < -0.3 is 4.90 Å². The van der Waals surface area contributed by atoms with Gasteiger partial charge in [0.1, 0.15) is 0 Å². The van der Waals surface area contributed by atoms with Crippen molar-refractivity contribution in [2.24, 2.45) is 13.0 Å². The van der Waals surface area contributed by atoms with Gasteiger partial charge in [0.2, 0.25) is 5.91 Å². The molecule has 22 heavy (non-hydrogen) atoms. The Balaban J connectivity index is 1.56. The van der Waals surface area contributed by atoms with Crippen molar-refractivity contribution < 1.29 is 4.79 Å². The molecule has 0 saturated carbocycles. The summed E-state index contributed by atoms with van der Waals surface area (Å²) in [7, 11) is 1.92. The third kappa shape index (κ3) is 3.51. The van der Waals surface area contributed by atoms with Crippen LogP contribution >= 0.6 is 0 Å². The lowest BCUT2D eigenvalue weighted by atomic mass is 9.95. The average Bonchev–Trinajstić information content (AvgIpc) is 2.72. The molecule has 3 aliphatic rings. The summed E-state index contributed by atoms with van der Waals surface area (Å²) in [6.45, 7) is 6.50. The van der Waals surface area contributed by atoms with Crippen LogP contribution in [0, 0.1) is 5.92 Å². The minimum absolute atomic E-state index is 0.319. The van der Waals surface area contributed by atoms with Crippen molar-refractivity contribution in [2.45, 2.75) is 45.1 Å². The molecule has 3 saturated heterocycles. The van der Waals surface area contributed by atoms with E-state index in [9.17, 15) is 4.79 Å². The Labute approximate surface area is 133 Å². The number of hydrogen-bond acceptors (Lipinski definition) is 3. The Morgan fingerprint density at radius 2 is 2.18 bits per heavy atom. The molecule has 0 N–H and O–H groups in total. The summed E-state index contributed by atoms with van der Waals surface area (Å²) in [6, 6.07) is 0.584. The maximum Gasteiger partial charge on any atom is 0.222 e. The number of carbonyl (C=O) groups excluding carboxylic acids is 1. The molecular formula is C17H28N4O. The normalized spacial score (nSPS) is 25.5. The van der Waals surface area contributed by atoms with Crippen molar-refractivity contribution in [1.29, 1.82) is 0 Å². The van der Waals surface area contributed by atoms with E-state index in [1.165, 1.54) is 32.4 Å². The number of carbonyl (C=O) groups is 1. The number of nitrogens with zero attached hydrogens (tertiary/aromatic N) is 4. The lowest BCUT2D eigenvalue weighted by Gasteiger charge is -2.35. The van der Waals surface area contributed by atoms with Crippen LogP contribution in [0.1, 0.15) is 38.2 Å². The van der Waals surface area contributed by atoms with E-state index in [1.807, 2.05) is 19.4 Å². The topological polar surface area (TPSA) is 41.4 Å². The van der Waals surface area contributed by atoms with Crippen LogP contribution in [0.2, 0.25) is 0 Å². The van der Waals surface area contributed by atoms with Gasteiger partial charge in [-0.3, -0.25) is 14.4 Å². The molecular weight excluding hydrogens is 276 g/mol. The zero-order valence-electron chi connectivity index (χ0n) is 13.9. The summed E-state index contributed by atoms with van der Waals surface area (Å²) >= 11 is 0. The molecule has 3 aliphatic heterocycles. The first-order valence-electron chi connectivity index (χ1n) is 8.65. The van der Waals surface area contributed by atoms with Crippen LogP contribution in [0.3, 0.4) is 0 Å². The Hall–Kier alpha value is -1.36. The van der Waals surface area contributed by atoms with Gasteiger partial charge in [0.15, 0.2) is 0 Å². The summed E-state index contributed by atoms with van der Waals surface area (Å²) < 4.78 is 1.80. The first-order chi connectivity index (χ1) is 10.7. The lowest BCUT2D eigenvalue weighted by molar-refractivity contribution is -0.131. The number of rotatable bonds is 5. The van der Waals surface area contributed by atoms with Gasteiger partial charge in [-0.2, -0.15) is 5.10 Å². The largest absolute Gasteiger partial charge is 0.341 e. The molecule has 2 atom stereocenters. The van der Waals surface area contributed by atoms with Crippen LogP contribution in [0.4, 0.5) is 0 Å². The van der Waals surface area contributed by atoms with Crippen LogP contribution in [0.5, 0.6) is 0 Å². The van der Waals surface area contributed by atoms with E-state index in [4.69, 9.17) is 0 Å². The minimum Gasteiger partial charge on any atom is -0.341 e. The van der Waals surface area contributed by atoms with Crippen molar-refractivity contribution in [3.8, 4) is 0 Å². The number of fused-ring (bicyclic) bond motifs is 4. The second kappa shape index (κ2) is 6.82. The highest BCUT2D eigenvalue weighted by atomic mass is 16.2. The number of amides is 1. The van der Waals surface area contributed by atoms with Gasteiger partial charge in [-0.05, 0) is 43.7 Å². The van der Waals surface area contributed by atoms with Gasteiger partial charge in [-0.1, -0.05) is 6.92 Å². The fourth-order valence-electron chi connectivity index (χ4n) is 3.95. The lowest BCUT2D eigenvalue weighted by Crippen LogP contribution is -2.44. The number of hydrogen-bond donors (Lipinski definition) is 0. The highest BCUT2D eigenvalue weighted by molar-refractivity contribution is 5.76. The van der Waals surface area contributed by atoms with Crippen LogP contribution in [-0.2, 0) is 18.3 Å². The summed E-state index contributed by atoms with van der Waals surface area (Å²) in [6.07, 6.45) is 9.04. The molecule has 5 heteroatoms. The second-order valence-electron chi connectivity index (χ2n) is 6.91. The summed E-state index contributed by atoms with van der Waals surface area (Å²) in [5.41, 5.74) is 1.15. The Morgan fingerprint density at radius 3 is 2.91 bits per heavy atom. The van der Waals surface area contributed by atoms with Crippen molar-refractivity contribution in [2.75, 3.05) is 26.2 Å². The molecule has 122 valence electrons. The summed E-state index contributed by atoms with van der Waals surface area (Å²) in [5, 5.41) is 4.17. The Morgan fingerprint density at radius 1 is 1.32 bits per heavy atom. The van der Waals surface area contributed by atoms with Crippen LogP contribution in [0.15, 0.2) is 12.4 Å². The van der Waals surface area contributed by atoms with E-state index in [1.54, 1.807) is 4.68 Å². The standard InChI is InChI=1S/C17H28N4O/c1-3-8-20-11-15-4-6-16(20)13-21(12-15)17(22)7-5-14-9-18-19(2)10-14/h9-10,15-16H,3-8,11-13H2,1-2H3/t15-,16-/m0/s1. The van der Waals surface area contributed by atoms with Gasteiger partial charge in [0, 0.05) is 45.3 Å². The zero-order chi connectivity index (χ0) is 15.5.